The molecule has 0 fully saturated rings. The van der Waals surface area contributed by atoms with Gasteiger partial charge in [0, 0.05) is 23.7 Å². The molecule has 152 valence electrons. The summed E-state index contributed by atoms with van der Waals surface area (Å²) in [5.74, 6) is 0.244. The molecule has 0 saturated carbocycles. The van der Waals surface area contributed by atoms with Crippen molar-refractivity contribution in [3.05, 3.63) is 58.1 Å². The molecule has 2 aromatic rings. The van der Waals surface area contributed by atoms with Crippen LogP contribution < -0.4 is 9.62 Å². The molecule has 2 rings (SSSR count). The second kappa shape index (κ2) is 9.63. The maximum atomic E-state index is 12.2. The summed E-state index contributed by atoms with van der Waals surface area (Å²) in [7, 11) is -3.57. The van der Waals surface area contributed by atoms with Gasteiger partial charge >= 0.3 is 0 Å². The molecular formula is C20H24Cl2N2O3S. The Kier molecular flexibility index (Phi) is 7.75. The molecule has 2 aromatic carbocycles. The van der Waals surface area contributed by atoms with E-state index >= 15 is 0 Å². The monoisotopic (exact) mass is 442 g/mol. The summed E-state index contributed by atoms with van der Waals surface area (Å²) in [6.45, 7) is 4.33. The number of anilines is 2. The van der Waals surface area contributed by atoms with Crippen molar-refractivity contribution in [3.8, 4) is 0 Å². The number of rotatable bonds is 8. The summed E-state index contributed by atoms with van der Waals surface area (Å²) < 4.78 is 25.5. The van der Waals surface area contributed by atoms with E-state index in [1.54, 1.807) is 12.1 Å². The number of carbonyl (C=O) groups is 1. The number of sulfonamides is 1. The van der Waals surface area contributed by atoms with Crippen LogP contribution in [0.15, 0.2) is 42.5 Å². The van der Waals surface area contributed by atoms with Crippen molar-refractivity contribution in [1.29, 1.82) is 0 Å². The standard InChI is InChI=1S/C20H24Cl2N2O3S/c1-14(2)15-6-9-17(10-7-15)23-20(25)5-4-12-24(28(3,26)27)19-13-16(21)8-11-18(19)22/h6-11,13-14H,4-5,12H2,1-3H3,(H,23,25). The fraction of sp³-hybridized carbons (Fsp3) is 0.350. The van der Waals surface area contributed by atoms with E-state index in [2.05, 4.69) is 19.2 Å². The van der Waals surface area contributed by atoms with Crippen LogP contribution in [0.1, 0.15) is 38.2 Å². The molecule has 0 aliphatic carbocycles. The van der Waals surface area contributed by atoms with Crippen LogP contribution in [0.2, 0.25) is 10.0 Å². The molecule has 0 saturated heterocycles. The number of benzene rings is 2. The first-order valence-electron chi connectivity index (χ1n) is 8.90. The predicted molar refractivity (Wildman–Crippen MR) is 117 cm³/mol. The Morgan fingerprint density at radius 3 is 2.32 bits per heavy atom. The number of carbonyl (C=O) groups excluding carboxylic acids is 1. The molecule has 5 nitrogen and oxygen atoms in total. The lowest BCUT2D eigenvalue weighted by atomic mass is 10.0. The zero-order valence-electron chi connectivity index (χ0n) is 16.1. The van der Waals surface area contributed by atoms with Gasteiger partial charge in [0.15, 0.2) is 0 Å². The van der Waals surface area contributed by atoms with E-state index in [1.807, 2.05) is 24.3 Å². The Labute approximate surface area is 176 Å². The van der Waals surface area contributed by atoms with E-state index < -0.39 is 10.0 Å². The Balaban J connectivity index is 1.98. The van der Waals surface area contributed by atoms with Gasteiger partial charge in [-0.05, 0) is 48.2 Å². The molecule has 1 N–H and O–H groups in total. The molecule has 0 atom stereocenters. The molecule has 8 heteroatoms. The molecule has 0 aliphatic rings. The van der Waals surface area contributed by atoms with Crippen molar-refractivity contribution in [2.24, 2.45) is 0 Å². The van der Waals surface area contributed by atoms with Gasteiger partial charge in [-0.3, -0.25) is 9.10 Å². The van der Waals surface area contributed by atoms with Gasteiger partial charge < -0.3 is 5.32 Å². The van der Waals surface area contributed by atoms with Crippen LogP contribution in [-0.4, -0.2) is 27.1 Å². The summed E-state index contributed by atoms with van der Waals surface area (Å²) in [6.07, 6.45) is 1.61. The second-order valence-corrected chi connectivity index (χ2v) is 9.61. The SMILES string of the molecule is CC(C)c1ccc(NC(=O)CCCN(c2cc(Cl)ccc2Cl)S(C)(=O)=O)cc1. The minimum atomic E-state index is -3.57. The zero-order valence-corrected chi connectivity index (χ0v) is 18.4. The lowest BCUT2D eigenvalue weighted by Crippen LogP contribution is -2.31. The maximum Gasteiger partial charge on any atom is 0.232 e. The van der Waals surface area contributed by atoms with Crippen molar-refractivity contribution in [3.63, 3.8) is 0 Å². The second-order valence-electron chi connectivity index (χ2n) is 6.86. The number of amides is 1. The number of hydrogen-bond acceptors (Lipinski definition) is 3. The third-order valence-corrected chi connectivity index (χ3v) is 5.94. The molecule has 0 unspecified atom stereocenters. The summed E-state index contributed by atoms with van der Waals surface area (Å²) >= 11 is 12.1. The summed E-state index contributed by atoms with van der Waals surface area (Å²) in [4.78, 5) is 12.2. The van der Waals surface area contributed by atoms with Crippen LogP contribution in [0.5, 0.6) is 0 Å². The van der Waals surface area contributed by atoms with Crippen LogP contribution >= 0.6 is 23.2 Å². The van der Waals surface area contributed by atoms with E-state index in [9.17, 15) is 13.2 Å². The number of nitrogens with zero attached hydrogens (tertiary/aromatic N) is 1. The normalized spacial score (nSPS) is 11.5. The quantitative estimate of drug-likeness (QED) is 0.602. The highest BCUT2D eigenvalue weighted by Gasteiger charge is 2.20. The molecule has 0 heterocycles. The highest BCUT2D eigenvalue weighted by Crippen LogP contribution is 2.31. The van der Waals surface area contributed by atoms with Gasteiger partial charge in [0.1, 0.15) is 0 Å². The van der Waals surface area contributed by atoms with E-state index in [0.717, 1.165) is 6.26 Å². The van der Waals surface area contributed by atoms with Gasteiger partial charge in [-0.25, -0.2) is 8.42 Å². The van der Waals surface area contributed by atoms with E-state index in [4.69, 9.17) is 23.2 Å². The Morgan fingerprint density at radius 2 is 1.75 bits per heavy atom. The Morgan fingerprint density at radius 1 is 1.11 bits per heavy atom. The molecular weight excluding hydrogens is 419 g/mol. The average molecular weight is 443 g/mol. The largest absolute Gasteiger partial charge is 0.326 e. The van der Waals surface area contributed by atoms with Gasteiger partial charge in [-0.15, -0.1) is 0 Å². The first-order chi connectivity index (χ1) is 13.1. The van der Waals surface area contributed by atoms with Crippen molar-refractivity contribution >= 4 is 50.5 Å². The van der Waals surface area contributed by atoms with Crippen molar-refractivity contribution in [2.45, 2.75) is 32.6 Å². The minimum absolute atomic E-state index is 0.124. The number of nitrogens with one attached hydrogen (secondary N) is 1. The smallest absolute Gasteiger partial charge is 0.232 e. The van der Waals surface area contributed by atoms with E-state index in [-0.39, 0.29) is 23.9 Å². The van der Waals surface area contributed by atoms with E-state index in [0.29, 0.717) is 28.7 Å². The highest BCUT2D eigenvalue weighted by atomic mass is 35.5. The van der Waals surface area contributed by atoms with Crippen LogP contribution in [0, 0.1) is 0 Å². The molecule has 1 amide bonds. The lowest BCUT2D eigenvalue weighted by molar-refractivity contribution is -0.116. The molecule has 28 heavy (non-hydrogen) atoms. The molecule has 0 aliphatic heterocycles. The van der Waals surface area contributed by atoms with Crippen LogP contribution in [0.25, 0.3) is 0 Å². The summed E-state index contributed by atoms with van der Waals surface area (Å²) in [5.41, 5.74) is 2.22. The van der Waals surface area contributed by atoms with Crippen molar-refractivity contribution < 1.29 is 13.2 Å². The third-order valence-electron chi connectivity index (χ3n) is 4.20. The Bertz CT molecular complexity index is 929. The molecule has 0 aromatic heterocycles. The lowest BCUT2D eigenvalue weighted by Gasteiger charge is -2.23. The van der Waals surface area contributed by atoms with E-state index in [1.165, 1.54) is 15.9 Å². The van der Waals surface area contributed by atoms with Crippen LogP contribution in [-0.2, 0) is 14.8 Å². The van der Waals surface area contributed by atoms with Gasteiger partial charge in [0.05, 0.1) is 17.0 Å². The predicted octanol–water partition coefficient (Wildman–Crippen LogP) is 5.30. The number of halogens is 2. The number of hydrogen-bond donors (Lipinski definition) is 1. The topological polar surface area (TPSA) is 66.5 Å². The highest BCUT2D eigenvalue weighted by molar-refractivity contribution is 7.92. The van der Waals surface area contributed by atoms with Crippen LogP contribution in [0.3, 0.4) is 0 Å². The molecule has 0 radical (unpaired) electrons. The van der Waals surface area contributed by atoms with Crippen molar-refractivity contribution in [1.82, 2.24) is 0 Å². The fourth-order valence-corrected chi connectivity index (χ4v) is 4.11. The fourth-order valence-electron chi connectivity index (χ4n) is 2.70. The van der Waals surface area contributed by atoms with Gasteiger partial charge in [-0.2, -0.15) is 0 Å². The first kappa shape index (κ1) is 22.5. The average Bonchev–Trinajstić information content (AvgIpc) is 2.60. The summed E-state index contributed by atoms with van der Waals surface area (Å²) in [5, 5.41) is 3.49. The van der Waals surface area contributed by atoms with Crippen molar-refractivity contribution in [2.75, 3.05) is 22.4 Å². The first-order valence-corrected chi connectivity index (χ1v) is 11.5. The van der Waals surface area contributed by atoms with Gasteiger partial charge in [0.2, 0.25) is 15.9 Å². The Hall–Kier alpha value is -1.76. The summed E-state index contributed by atoms with van der Waals surface area (Å²) in [6, 6.07) is 12.3. The van der Waals surface area contributed by atoms with Gasteiger partial charge in [0.25, 0.3) is 0 Å². The maximum absolute atomic E-state index is 12.2. The molecule has 0 bridgehead atoms. The molecule has 0 spiro atoms. The zero-order chi connectivity index (χ0) is 20.9. The third kappa shape index (κ3) is 6.40. The minimum Gasteiger partial charge on any atom is -0.326 e. The van der Waals surface area contributed by atoms with Gasteiger partial charge in [-0.1, -0.05) is 49.2 Å². The van der Waals surface area contributed by atoms with Crippen LogP contribution in [0.4, 0.5) is 11.4 Å².